The monoisotopic (exact) mass is 431 g/mol. The molecule has 3 heterocycles. The molecule has 4 atom stereocenters. The van der Waals surface area contributed by atoms with Gasteiger partial charge in [0.25, 0.3) is 0 Å². The van der Waals surface area contributed by atoms with Gasteiger partial charge in [-0.3, -0.25) is 9.36 Å². The van der Waals surface area contributed by atoms with Crippen molar-refractivity contribution in [2.24, 2.45) is 0 Å². The van der Waals surface area contributed by atoms with E-state index in [9.17, 15) is 9.18 Å². The van der Waals surface area contributed by atoms with E-state index < -0.39 is 29.6 Å². The predicted molar refractivity (Wildman–Crippen MR) is 108 cm³/mol. The summed E-state index contributed by atoms with van der Waals surface area (Å²) in [6.45, 7) is 6.14. The van der Waals surface area contributed by atoms with Gasteiger partial charge in [-0.25, -0.2) is 23.7 Å². The second-order valence-corrected chi connectivity index (χ2v) is 7.93. The molecule has 1 N–H and O–H groups in total. The molecule has 3 aromatic rings. The Hall–Kier alpha value is -3.14. The van der Waals surface area contributed by atoms with E-state index in [4.69, 9.17) is 9.47 Å². The Morgan fingerprint density at radius 3 is 2.65 bits per heavy atom. The highest BCUT2D eigenvalue weighted by atomic mass is 19.1. The number of carbonyl (C=O) groups is 1. The Morgan fingerprint density at radius 2 is 1.97 bits per heavy atom. The van der Waals surface area contributed by atoms with E-state index in [1.807, 2.05) is 0 Å². The molecule has 4 rings (SSSR count). The summed E-state index contributed by atoms with van der Waals surface area (Å²) in [7, 11) is 0. The fourth-order valence-corrected chi connectivity index (χ4v) is 3.84. The lowest BCUT2D eigenvalue weighted by molar-refractivity contribution is -0.172. The van der Waals surface area contributed by atoms with Crippen LogP contribution in [0.1, 0.15) is 39.5 Å². The van der Waals surface area contributed by atoms with Gasteiger partial charge in [0.05, 0.1) is 6.33 Å². The van der Waals surface area contributed by atoms with Crippen LogP contribution >= 0.6 is 0 Å². The van der Waals surface area contributed by atoms with Crippen LogP contribution in [0.4, 0.5) is 14.6 Å². The number of benzene rings is 1. The molecule has 1 aliphatic heterocycles. The van der Waals surface area contributed by atoms with Crippen molar-refractivity contribution in [2.45, 2.75) is 57.8 Å². The minimum Gasteiger partial charge on any atom is -0.453 e. The molecular formula is C21H23F2N5O3. The van der Waals surface area contributed by atoms with Crippen LogP contribution in [-0.4, -0.2) is 42.9 Å². The number of hydrogen-bond donors (Lipinski definition) is 1. The van der Waals surface area contributed by atoms with Gasteiger partial charge in [-0.2, -0.15) is 0 Å². The normalized spacial score (nSPS) is 28.1. The van der Waals surface area contributed by atoms with Crippen LogP contribution in [0.25, 0.3) is 11.2 Å². The van der Waals surface area contributed by atoms with Crippen molar-refractivity contribution in [3.05, 3.63) is 48.3 Å². The zero-order valence-corrected chi connectivity index (χ0v) is 17.6. The lowest BCUT2D eigenvalue weighted by atomic mass is 9.84. The number of carbonyl (C=O) groups excluding carboxylic acids is 1. The van der Waals surface area contributed by atoms with Crippen LogP contribution in [-0.2, 0) is 20.8 Å². The molecule has 0 amide bonds. The van der Waals surface area contributed by atoms with Crippen molar-refractivity contribution in [3.63, 3.8) is 0 Å². The summed E-state index contributed by atoms with van der Waals surface area (Å²) in [5, 5.41) is 3.15. The number of hydrogen-bond acceptors (Lipinski definition) is 7. The molecule has 1 saturated heterocycles. The molecule has 8 nitrogen and oxygen atoms in total. The summed E-state index contributed by atoms with van der Waals surface area (Å²) in [6.07, 6.45) is 0.951. The van der Waals surface area contributed by atoms with Crippen molar-refractivity contribution in [2.75, 3.05) is 5.32 Å². The molecule has 1 aliphatic rings. The zero-order chi connectivity index (χ0) is 22.4. The number of esters is 1. The molecular weight excluding hydrogens is 408 g/mol. The maximum Gasteiger partial charge on any atom is 0.303 e. The average Bonchev–Trinajstić information content (AvgIpc) is 3.20. The highest BCUT2D eigenvalue weighted by Gasteiger charge is 2.65. The van der Waals surface area contributed by atoms with Crippen molar-refractivity contribution >= 4 is 23.0 Å². The maximum atomic E-state index is 16.0. The summed E-state index contributed by atoms with van der Waals surface area (Å²) in [5.74, 6) is -0.456. The first-order valence-electron chi connectivity index (χ1n) is 9.83. The second-order valence-electron chi connectivity index (χ2n) is 7.93. The molecule has 2 unspecified atom stereocenters. The van der Waals surface area contributed by atoms with Gasteiger partial charge in [0.1, 0.15) is 18.2 Å². The topological polar surface area (TPSA) is 91.2 Å². The van der Waals surface area contributed by atoms with Crippen LogP contribution in [0.5, 0.6) is 0 Å². The third kappa shape index (κ3) is 3.50. The van der Waals surface area contributed by atoms with Crippen molar-refractivity contribution in [3.8, 4) is 0 Å². The molecule has 0 aliphatic carbocycles. The molecule has 1 aromatic carbocycles. The van der Waals surface area contributed by atoms with E-state index in [0.29, 0.717) is 23.5 Å². The zero-order valence-electron chi connectivity index (χ0n) is 17.6. The largest absolute Gasteiger partial charge is 0.453 e. The fraction of sp³-hybridized carbons (Fsp3) is 0.429. The smallest absolute Gasteiger partial charge is 0.303 e. The number of rotatable bonds is 5. The lowest BCUT2D eigenvalue weighted by Gasteiger charge is -2.36. The number of halogens is 2. The Balaban J connectivity index is 1.65. The predicted octanol–water partition coefficient (Wildman–Crippen LogP) is 3.54. The van der Waals surface area contributed by atoms with Gasteiger partial charge in [0.2, 0.25) is 0 Å². The number of imidazole rings is 1. The Kier molecular flexibility index (Phi) is 5.12. The first kappa shape index (κ1) is 21.1. The van der Waals surface area contributed by atoms with E-state index in [2.05, 4.69) is 20.3 Å². The number of fused-ring (bicyclic) bond motifs is 1. The van der Waals surface area contributed by atoms with E-state index in [1.165, 1.54) is 50.1 Å². The molecule has 164 valence electrons. The van der Waals surface area contributed by atoms with E-state index in [-0.39, 0.29) is 5.82 Å². The highest BCUT2D eigenvalue weighted by Crippen LogP contribution is 2.50. The van der Waals surface area contributed by atoms with Crippen LogP contribution in [0.3, 0.4) is 0 Å². The van der Waals surface area contributed by atoms with Crippen molar-refractivity contribution in [1.29, 1.82) is 0 Å². The second kappa shape index (κ2) is 7.52. The molecule has 10 heteroatoms. The number of nitrogens with one attached hydrogen (secondary N) is 1. The van der Waals surface area contributed by atoms with Crippen LogP contribution in [0.2, 0.25) is 0 Å². The maximum absolute atomic E-state index is 16.0. The summed E-state index contributed by atoms with van der Waals surface area (Å²) in [5.41, 5.74) is -1.90. The molecule has 1 fully saturated rings. The highest BCUT2D eigenvalue weighted by molar-refractivity contribution is 5.82. The number of alkyl halides is 1. The number of nitrogens with zero attached hydrogens (tertiary/aromatic N) is 4. The third-order valence-electron chi connectivity index (χ3n) is 5.88. The Labute approximate surface area is 177 Å². The van der Waals surface area contributed by atoms with Gasteiger partial charge in [-0.05, 0) is 38.5 Å². The fourth-order valence-electron chi connectivity index (χ4n) is 3.84. The number of ether oxygens (including phenoxy) is 2. The van der Waals surface area contributed by atoms with Crippen LogP contribution < -0.4 is 5.32 Å². The minimum atomic E-state index is -2.06. The van der Waals surface area contributed by atoms with Gasteiger partial charge in [-0.15, -0.1) is 0 Å². The van der Waals surface area contributed by atoms with Gasteiger partial charge in [0, 0.05) is 13.5 Å². The van der Waals surface area contributed by atoms with Gasteiger partial charge >= 0.3 is 5.97 Å². The van der Waals surface area contributed by atoms with Gasteiger partial charge in [0.15, 0.2) is 34.5 Å². The standard InChI is InChI=1S/C21H23F2N5O3/c1-12-21(4,31-13(2)29)20(3,23)19(30-12)28-11-27-16-17(25-10-26-18(16)28)24-9-14-5-7-15(22)8-6-14/h5-8,10-12,19H,9H2,1-4H3,(H,24,25,26)/t12-,19?,20+,21?/m1/s1. The SMILES string of the molecule is CC(=O)OC1(C)[C@@H](C)OC(n2cnc3c(NCc4ccc(F)cc4)ncnc32)[C@]1(C)F. The van der Waals surface area contributed by atoms with E-state index in [1.54, 1.807) is 19.1 Å². The number of anilines is 1. The minimum absolute atomic E-state index is 0.312. The molecule has 0 spiro atoms. The van der Waals surface area contributed by atoms with Crippen molar-refractivity contribution < 1.29 is 23.0 Å². The summed E-state index contributed by atoms with van der Waals surface area (Å²) >= 11 is 0. The summed E-state index contributed by atoms with van der Waals surface area (Å²) in [6, 6.07) is 6.08. The van der Waals surface area contributed by atoms with Crippen LogP contribution in [0.15, 0.2) is 36.9 Å². The lowest BCUT2D eigenvalue weighted by Crippen LogP contribution is -2.53. The molecule has 31 heavy (non-hydrogen) atoms. The Bertz CT molecular complexity index is 1120. The third-order valence-corrected chi connectivity index (χ3v) is 5.88. The van der Waals surface area contributed by atoms with Crippen molar-refractivity contribution in [1.82, 2.24) is 19.5 Å². The first-order valence-corrected chi connectivity index (χ1v) is 9.83. The average molecular weight is 431 g/mol. The van der Waals surface area contributed by atoms with E-state index in [0.717, 1.165) is 5.56 Å². The quantitative estimate of drug-likeness (QED) is 0.618. The van der Waals surface area contributed by atoms with Gasteiger partial charge in [-0.1, -0.05) is 12.1 Å². The summed E-state index contributed by atoms with van der Waals surface area (Å²) in [4.78, 5) is 24.4. The van der Waals surface area contributed by atoms with Crippen LogP contribution in [0, 0.1) is 5.82 Å². The van der Waals surface area contributed by atoms with Gasteiger partial charge < -0.3 is 14.8 Å². The molecule has 0 bridgehead atoms. The first-order chi connectivity index (χ1) is 14.6. The summed E-state index contributed by atoms with van der Waals surface area (Å²) < 4.78 is 41.8. The molecule has 0 saturated carbocycles. The molecule has 2 aromatic heterocycles. The number of aromatic nitrogens is 4. The molecule has 0 radical (unpaired) electrons. The van der Waals surface area contributed by atoms with E-state index >= 15 is 4.39 Å². The Morgan fingerprint density at radius 1 is 1.26 bits per heavy atom.